The van der Waals surface area contributed by atoms with Crippen LogP contribution in [-0.2, 0) is 23.1 Å². The standard InChI is InChI=1S/C18H18FN5O4S2/c1-23(2)30(27,28)14-7-8-16(25)24(10-14)11-15-21-22-18(29-15)17(26)20-9-12-3-5-13(19)6-4-12/h3-8,10H,9,11H2,1-2H3,(H,20,26). The first-order chi connectivity index (χ1) is 14.2. The van der Waals surface area contributed by atoms with Crippen molar-refractivity contribution in [3.05, 3.63) is 74.3 Å². The van der Waals surface area contributed by atoms with Gasteiger partial charge in [0, 0.05) is 32.9 Å². The maximum absolute atomic E-state index is 12.9. The van der Waals surface area contributed by atoms with E-state index >= 15 is 0 Å². The van der Waals surface area contributed by atoms with E-state index in [4.69, 9.17) is 0 Å². The number of benzene rings is 1. The Bertz CT molecular complexity index is 1220. The summed E-state index contributed by atoms with van der Waals surface area (Å²) in [7, 11) is -0.909. The van der Waals surface area contributed by atoms with Gasteiger partial charge in [0.1, 0.15) is 10.8 Å². The lowest BCUT2D eigenvalue weighted by molar-refractivity contribution is 0.0950. The second-order valence-corrected chi connectivity index (χ2v) is 9.64. The van der Waals surface area contributed by atoms with Gasteiger partial charge in [-0.2, -0.15) is 0 Å². The van der Waals surface area contributed by atoms with Crippen LogP contribution in [0.3, 0.4) is 0 Å². The molecule has 12 heteroatoms. The van der Waals surface area contributed by atoms with Crippen molar-refractivity contribution in [3.8, 4) is 0 Å². The van der Waals surface area contributed by atoms with E-state index in [1.54, 1.807) is 12.1 Å². The van der Waals surface area contributed by atoms with E-state index in [-0.39, 0.29) is 28.8 Å². The summed E-state index contributed by atoms with van der Waals surface area (Å²) in [6, 6.07) is 8.11. The highest BCUT2D eigenvalue weighted by molar-refractivity contribution is 7.89. The van der Waals surface area contributed by atoms with E-state index in [1.165, 1.54) is 43.1 Å². The number of aromatic nitrogens is 3. The molecule has 1 amide bonds. The molecule has 0 spiro atoms. The van der Waals surface area contributed by atoms with E-state index in [9.17, 15) is 22.4 Å². The molecule has 3 rings (SSSR count). The molecule has 0 aliphatic rings. The molecule has 0 atom stereocenters. The summed E-state index contributed by atoms with van der Waals surface area (Å²) in [5.41, 5.74) is 0.310. The minimum atomic E-state index is -3.70. The first-order valence-electron chi connectivity index (χ1n) is 8.65. The van der Waals surface area contributed by atoms with Gasteiger partial charge in [-0.15, -0.1) is 10.2 Å². The number of rotatable bonds is 7. The third-order valence-electron chi connectivity index (χ3n) is 4.07. The minimum absolute atomic E-state index is 0.0292. The molecule has 0 saturated carbocycles. The number of hydrogen-bond donors (Lipinski definition) is 1. The van der Waals surface area contributed by atoms with Crippen molar-refractivity contribution in [1.29, 1.82) is 0 Å². The smallest absolute Gasteiger partial charge is 0.282 e. The molecule has 30 heavy (non-hydrogen) atoms. The molecule has 158 valence electrons. The van der Waals surface area contributed by atoms with Crippen molar-refractivity contribution in [2.24, 2.45) is 0 Å². The third kappa shape index (κ3) is 4.96. The molecule has 1 aromatic carbocycles. The molecule has 0 fully saturated rings. The molecular formula is C18H18FN5O4S2. The number of nitrogens with one attached hydrogen (secondary N) is 1. The zero-order chi connectivity index (χ0) is 21.9. The molecule has 0 bridgehead atoms. The maximum Gasteiger partial charge on any atom is 0.282 e. The number of nitrogens with zero attached hydrogens (tertiary/aromatic N) is 4. The number of halogens is 1. The lowest BCUT2D eigenvalue weighted by Gasteiger charge is -2.12. The molecule has 2 heterocycles. The molecule has 0 unspecified atom stereocenters. The van der Waals surface area contributed by atoms with Crippen molar-refractivity contribution < 1.29 is 17.6 Å². The van der Waals surface area contributed by atoms with Crippen molar-refractivity contribution in [2.75, 3.05) is 14.1 Å². The number of sulfonamides is 1. The van der Waals surface area contributed by atoms with E-state index in [0.717, 1.165) is 27.3 Å². The predicted octanol–water partition coefficient (Wildman–Crippen LogP) is 1.07. The molecule has 0 saturated heterocycles. The normalized spacial score (nSPS) is 11.6. The van der Waals surface area contributed by atoms with Gasteiger partial charge in [-0.05, 0) is 23.8 Å². The minimum Gasteiger partial charge on any atom is -0.346 e. The van der Waals surface area contributed by atoms with Crippen LogP contribution in [0.2, 0.25) is 0 Å². The monoisotopic (exact) mass is 451 g/mol. The quantitative estimate of drug-likeness (QED) is 0.575. The summed E-state index contributed by atoms with van der Waals surface area (Å²) >= 11 is 0.988. The fraction of sp³-hybridized carbons (Fsp3) is 0.222. The zero-order valence-corrected chi connectivity index (χ0v) is 17.7. The van der Waals surface area contributed by atoms with Crippen molar-refractivity contribution in [3.63, 3.8) is 0 Å². The molecule has 1 N–H and O–H groups in total. The summed E-state index contributed by atoms with van der Waals surface area (Å²) in [4.78, 5) is 24.3. The molecule has 3 aromatic rings. The lowest BCUT2D eigenvalue weighted by atomic mass is 10.2. The van der Waals surface area contributed by atoms with Crippen molar-refractivity contribution in [1.82, 2.24) is 24.4 Å². The van der Waals surface area contributed by atoms with Crippen LogP contribution < -0.4 is 10.9 Å². The summed E-state index contributed by atoms with van der Waals surface area (Å²) in [6.07, 6.45) is 1.23. The van der Waals surface area contributed by atoms with E-state index in [0.29, 0.717) is 5.01 Å². The van der Waals surface area contributed by atoms with Crippen LogP contribution in [-0.4, -0.2) is 47.5 Å². The molecule has 2 aromatic heterocycles. The van der Waals surface area contributed by atoms with Gasteiger partial charge in [0.2, 0.25) is 15.0 Å². The summed E-state index contributed by atoms with van der Waals surface area (Å²) in [5, 5.41) is 10.8. The highest BCUT2D eigenvalue weighted by Crippen LogP contribution is 2.14. The number of carbonyl (C=O) groups excluding carboxylic acids is 1. The average molecular weight is 452 g/mol. The number of amides is 1. The first kappa shape index (κ1) is 21.7. The topological polar surface area (TPSA) is 114 Å². The van der Waals surface area contributed by atoms with Gasteiger partial charge in [0.05, 0.1) is 11.4 Å². The van der Waals surface area contributed by atoms with Gasteiger partial charge in [-0.25, -0.2) is 17.1 Å². The predicted molar refractivity (Wildman–Crippen MR) is 108 cm³/mol. The Kier molecular flexibility index (Phi) is 6.39. The van der Waals surface area contributed by atoms with Crippen LogP contribution in [0, 0.1) is 5.82 Å². The van der Waals surface area contributed by atoms with E-state index < -0.39 is 21.5 Å². The fourth-order valence-corrected chi connectivity index (χ4v) is 4.09. The van der Waals surface area contributed by atoms with Crippen molar-refractivity contribution >= 4 is 27.3 Å². The summed E-state index contributed by atoms with van der Waals surface area (Å²) < 4.78 is 39.7. The fourth-order valence-electron chi connectivity index (χ4n) is 2.41. The van der Waals surface area contributed by atoms with Crippen LogP contribution in [0.5, 0.6) is 0 Å². The van der Waals surface area contributed by atoms with Gasteiger partial charge in [0.25, 0.3) is 11.5 Å². The summed E-state index contributed by atoms with van der Waals surface area (Å²) in [6.45, 7) is 0.163. The van der Waals surface area contributed by atoms with Crippen LogP contribution >= 0.6 is 11.3 Å². The molecule has 0 aliphatic carbocycles. The lowest BCUT2D eigenvalue weighted by Crippen LogP contribution is -2.26. The van der Waals surface area contributed by atoms with Gasteiger partial charge in [-0.1, -0.05) is 23.5 Å². The highest BCUT2D eigenvalue weighted by Gasteiger charge is 2.19. The van der Waals surface area contributed by atoms with Crippen LogP contribution in [0.1, 0.15) is 20.4 Å². The third-order valence-corrected chi connectivity index (χ3v) is 6.77. The number of carbonyl (C=O) groups is 1. The largest absolute Gasteiger partial charge is 0.346 e. The molecular weight excluding hydrogens is 433 g/mol. The average Bonchev–Trinajstić information content (AvgIpc) is 3.17. The SMILES string of the molecule is CN(C)S(=O)(=O)c1ccc(=O)n(Cc2nnc(C(=O)NCc3ccc(F)cc3)s2)c1. The van der Waals surface area contributed by atoms with E-state index in [2.05, 4.69) is 15.5 Å². The maximum atomic E-state index is 12.9. The Morgan fingerprint density at radius 2 is 1.87 bits per heavy atom. The van der Waals surface area contributed by atoms with E-state index in [1.807, 2.05) is 0 Å². The van der Waals surface area contributed by atoms with Crippen LogP contribution in [0.25, 0.3) is 0 Å². The summed E-state index contributed by atoms with van der Waals surface area (Å²) in [5.74, 6) is -0.823. The number of pyridine rings is 1. The molecule has 9 nitrogen and oxygen atoms in total. The first-order valence-corrected chi connectivity index (χ1v) is 10.9. The Hall–Kier alpha value is -2.96. The van der Waals surface area contributed by atoms with Gasteiger partial charge < -0.3 is 9.88 Å². The number of hydrogen-bond acceptors (Lipinski definition) is 7. The van der Waals surface area contributed by atoms with Gasteiger partial charge in [0.15, 0.2) is 0 Å². The van der Waals surface area contributed by atoms with Gasteiger partial charge in [-0.3, -0.25) is 9.59 Å². The second kappa shape index (κ2) is 8.81. The molecule has 0 aliphatic heterocycles. The zero-order valence-electron chi connectivity index (χ0n) is 16.1. The Labute approximate surface area is 175 Å². The van der Waals surface area contributed by atoms with Crippen LogP contribution in [0.15, 0.2) is 52.3 Å². The Morgan fingerprint density at radius 3 is 2.53 bits per heavy atom. The second-order valence-electron chi connectivity index (χ2n) is 6.43. The molecule has 0 radical (unpaired) electrons. The van der Waals surface area contributed by atoms with Gasteiger partial charge >= 0.3 is 0 Å². The van der Waals surface area contributed by atoms with Crippen molar-refractivity contribution in [2.45, 2.75) is 18.0 Å². The Balaban J connectivity index is 1.71. The highest BCUT2D eigenvalue weighted by atomic mass is 32.2. The van der Waals surface area contributed by atoms with Crippen LogP contribution in [0.4, 0.5) is 4.39 Å². The Morgan fingerprint density at radius 1 is 1.17 bits per heavy atom.